The van der Waals surface area contributed by atoms with Crippen LogP contribution >= 0.6 is 11.3 Å². The number of rotatable bonds is 8. The van der Waals surface area contributed by atoms with E-state index >= 15 is 0 Å². The minimum Gasteiger partial charge on any atom is -0.385 e. The molecule has 1 atom stereocenters. The molecule has 92 valence electrons. The first kappa shape index (κ1) is 13.6. The number of nitrogens with one attached hydrogen (secondary N) is 1. The quantitative estimate of drug-likeness (QED) is 0.712. The van der Waals surface area contributed by atoms with Crippen LogP contribution in [0.5, 0.6) is 0 Å². The van der Waals surface area contributed by atoms with Crippen molar-refractivity contribution in [3.63, 3.8) is 0 Å². The van der Waals surface area contributed by atoms with Crippen LogP contribution in [-0.4, -0.2) is 25.2 Å². The largest absolute Gasteiger partial charge is 0.385 e. The summed E-state index contributed by atoms with van der Waals surface area (Å²) < 4.78 is 5.04. The Hall–Kier alpha value is -0.450. The number of nitrogens with zero attached hydrogens (tertiary/aromatic N) is 1. The molecule has 1 unspecified atom stereocenters. The Bertz CT molecular complexity index is 288. The summed E-state index contributed by atoms with van der Waals surface area (Å²) in [5.41, 5.74) is 0. The molecule has 0 fully saturated rings. The van der Waals surface area contributed by atoms with Gasteiger partial charge < -0.3 is 10.1 Å². The first-order valence-electron chi connectivity index (χ1n) is 5.94. The van der Waals surface area contributed by atoms with Gasteiger partial charge in [-0.3, -0.25) is 0 Å². The summed E-state index contributed by atoms with van der Waals surface area (Å²) in [6.07, 6.45) is 5.25. The molecule has 0 bridgehead atoms. The average Bonchev–Trinajstić information content (AvgIpc) is 2.75. The molecule has 3 nitrogen and oxygen atoms in total. The van der Waals surface area contributed by atoms with Gasteiger partial charge in [0.2, 0.25) is 0 Å². The van der Waals surface area contributed by atoms with Gasteiger partial charge in [0.25, 0.3) is 0 Å². The molecular formula is C12H22N2OS. The second-order valence-corrected chi connectivity index (χ2v) is 5.08. The third-order valence-corrected chi connectivity index (χ3v) is 3.68. The first-order chi connectivity index (χ1) is 7.77. The van der Waals surface area contributed by atoms with Crippen LogP contribution in [0.15, 0.2) is 6.20 Å². The molecule has 0 saturated carbocycles. The van der Waals surface area contributed by atoms with E-state index in [1.54, 1.807) is 7.11 Å². The molecule has 0 amide bonds. The average molecular weight is 242 g/mol. The van der Waals surface area contributed by atoms with Crippen LogP contribution in [0.1, 0.15) is 42.6 Å². The molecule has 0 saturated heterocycles. The number of aryl methyl sites for hydroxylation is 1. The normalized spacial score (nSPS) is 12.9. The van der Waals surface area contributed by atoms with Crippen LogP contribution < -0.4 is 5.32 Å². The number of ether oxygens (including phenoxy) is 1. The fourth-order valence-corrected chi connectivity index (χ4v) is 2.46. The summed E-state index contributed by atoms with van der Waals surface area (Å²) in [6, 6.07) is 0.425. The lowest BCUT2D eigenvalue weighted by molar-refractivity contribution is 0.195. The van der Waals surface area contributed by atoms with Gasteiger partial charge in [-0.1, -0.05) is 6.92 Å². The summed E-state index contributed by atoms with van der Waals surface area (Å²) in [5.74, 6) is 0. The Balaban J connectivity index is 2.37. The monoisotopic (exact) mass is 242 g/mol. The lowest BCUT2D eigenvalue weighted by atomic mass is 10.3. The van der Waals surface area contributed by atoms with E-state index in [4.69, 9.17) is 4.74 Å². The van der Waals surface area contributed by atoms with Crippen LogP contribution in [-0.2, 0) is 11.2 Å². The maximum atomic E-state index is 5.04. The fraction of sp³-hybridized carbons (Fsp3) is 0.750. The van der Waals surface area contributed by atoms with E-state index in [2.05, 4.69) is 24.1 Å². The molecule has 1 rings (SSSR count). The molecule has 0 spiro atoms. The molecule has 1 aromatic rings. The summed E-state index contributed by atoms with van der Waals surface area (Å²) >= 11 is 1.81. The van der Waals surface area contributed by atoms with E-state index in [1.807, 2.05) is 17.5 Å². The molecule has 1 heterocycles. The van der Waals surface area contributed by atoms with E-state index in [9.17, 15) is 0 Å². The molecule has 0 radical (unpaired) electrons. The van der Waals surface area contributed by atoms with Crippen LogP contribution in [0.4, 0.5) is 0 Å². The minimum atomic E-state index is 0.425. The zero-order valence-electron chi connectivity index (χ0n) is 10.5. The highest BCUT2D eigenvalue weighted by Gasteiger charge is 2.08. The van der Waals surface area contributed by atoms with Crippen LogP contribution in [0.3, 0.4) is 0 Å². The Morgan fingerprint density at radius 2 is 2.38 bits per heavy atom. The maximum absolute atomic E-state index is 5.04. The highest BCUT2D eigenvalue weighted by molar-refractivity contribution is 7.11. The van der Waals surface area contributed by atoms with Gasteiger partial charge >= 0.3 is 0 Å². The van der Waals surface area contributed by atoms with E-state index < -0.39 is 0 Å². The molecule has 0 aliphatic carbocycles. The standard InChI is InChI=1S/C12H22N2OS/c1-4-7-13-10(2)11-9-14-12(16-11)6-5-8-15-3/h9-10,13H,4-8H2,1-3H3. The van der Waals surface area contributed by atoms with Crippen LogP contribution in [0.2, 0.25) is 0 Å². The lowest BCUT2D eigenvalue weighted by Gasteiger charge is -2.09. The third kappa shape index (κ3) is 4.60. The molecule has 0 aliphatic rings. The van der Waals surface area contributed by atoms with Crippen molar-refractivity contribution < 1.29 is 4.74 Å². The summed E-state index contributed by atoms with van der Waals surface area (Å²) in [6.45, 7) is 6.27. The predicted octanol–water partition coefficient (Wildman–Crippen LogP) is 2.78. The smallest absolute Gasteiger partial charge is 0.0929 e. The van der Waals surface area contributed by atoms with Crippen LogP contribution in [0, 0.1) is 0 Å². The Morgan fingerprint density at radius 3 is 3.06 bits per heavy atom. The SMILES string of the molecule is CCCNC(C)c1cnc(CCCOC)s1. The van der Waals surface area contributed by atoms with Gasteiger partial charge in [0, 0.05) is 37.3 Å². The van der Waals surface area contributed by atoms with Crippen LogP contribution in [0.25, 0.3) is 0 Å². The maximum Gasteiger partial charge on any atom is 0.0929 e. The van der Waals surface area contributed by atoms with Crippen molar-refractivity contribution in [2.75, 3.05) is 20.3 Å². The molecule has 0 aromatic carbocycles. The molecule has 1 aromatic heterocycles. The van der Waals surface area contributed by atoms with Gasteiger partial charge in [0.15, 0.2) is 0 Å². The van der Waals surface area contributed by atoms with Gasteiger partial charge in [0.1, 0.15) is 0 Å². The minimum absolute atomic E-state index is 0.425. The zero-order chi connectivity index (χ0) is 11.8. The Labute approximate surface area is 102 Å². The van der Waals surface area contributed by atoms with Crippen molar-refractivity contribution in [1.29, 1.82) is 0 Å². The van der Waals surface area contributed by atoms with Crippen molar-refractivity contribution in [3.8, 4) is 0 Å². The van der Waals surface area contributed by atoms with Gasteiger partial charge in [-0.15, -0.1) is 11.3 Å². The Morgan fingerprint density at radius 1 is 1.56 bits per heavy atom. The first-order valence-corrected chi connectivity index (χ1v) is 6.76. The van der Waals surface area contributed by atoms with Crippen molar-refractivity contribution in [2.45, 2.75) is 39.2 Å². The fourth-order valence-electron chi connectivity index (χ4n) is 1.47. The molecular weight excluding hydrogens is 220 g/mol. The predicted molar refractivity (Wildman–Crippen MR) is 69.0 cm³/mol. The Kier molecular flexibility index (Phi) is 6.61. The molecule has 16 heavy (non-hydrogen) atoms. The third-order valence-electron chi connectivity index (χ3n) is 2.44. The van der Waals surface area contributed by atoms with Gasteiger partial charge in [-0.2, -0.15) is 0 Å². The highest BCUT2D eigenvalue weighted by Crippen LogP contribution is 2.21. The van der Waals surface area contributed by atoms with Crippen molar-refractivity contribution in [1.82, 2.24) is 10.3 Å². The van der Waals surface area contributed by atoms with E-state index in [0.29, 0.717) is 6.04 Å². The summed E-state index contributed by atoms with van der Waals surface area (Å²) in [7, 11) is 1.74. The number of methoxy groups -OCH3 is 1. The second-order valence-electron chi connectivity index (χ2n) is 3.93. The van der Waals surface area contributed by atoms with Gasteiger partial charge in [-0.05, 0) is 26.3 Å². The van der Waals surface area contributed by atoms with Gasteiger partial charge in [-0.25, -0.2) is 4.98 Å². The van der Waals surface area contributed by atoms with E-state index in [-0.39, 0.29) is 0 Å². The molecule has 1 N–H and O–H groups in total. The summed E-state index contributed by atoms with van der Waals surface area (Å²) in [4.78, 5) is 5.77. The zero-order valence-corrected chi connectivity index (χ0v) is 11.3. The van der Waals surface area contributed by atoms with E-state index in [1.165, 1.54) is 16.3 Å². The molecule has 0 aliphatic heterocycles. The number of hydrogen-bond acceptors (Lipinski definition) is 4. The van der Waals surface area contributed by atoms with E-state index in [0.717, 1.165) is 26.0 Å². The number of hydrogen-bond donors (Lipinski definition) is 1. The van der Waals surface area contributed by atoms with Crippen molar-refractivity contribution >= 4 is 11.3 Å². The van der Waals surface area contributed by atoms with Gasteiger partial charge in [0.05, 0.1) is 5.01 Å². The number of aromatic nitrogens is 1. The topological polar surface area (TPSA) is 34.2 Å². The summed E-state index contributed by atoms with van der Waals surface area (Å²) in [5, 5.41) is 4.69. The van der Waals surface area contributed by atoms with Crippen molar-refractivity contribution in [2.24, 2.45) is 0 Å². The second kappa shape index (κ2) is 7.76. The lowest BCUT2D eigenvalue weighted by Crippen LogP contribution is -2.18. The molecule has 4 heteroatoms. The highest BCUT2D eigenvalue weighted by atomic mass is 32.1. The van der Waals surface area contributed by atoms with Crippen molar-refractivity contribution in [3.05, 3.63) is 16.1 Å². The number of thiazole rings is 1.